The van der Waals surface area contributed by atoms with Gasteiger partial charge in [-0.05, 0) is 29.6 Å². The summed E-state index contributed by atoms with van der Waals surface area (Å²) in [7, 11) is 0. The number of hydrogen-bond donors (Lipinski definition) is 0. The van der Waals surface area contributed by atoms with Gasteiger partial charge in [0, 0.05) is 11.3 Å². The van der Waals surface area contributed by atoms with Gasteiger partial charge in [-0.1, -0.05) is 57.2 Å². The first kappa shape index (κ1) is 15.2. The fraction of sp³-hybridized carbons (Fsp3) is 0.444. The maximum absolute atomic E-state index is 6.22. The van der Waals surface area contributed by atoms with E-state index in [1.165, 1.54) is 5.56 Å². The van der Waals surface area contributed by atoms with Gasteiger partial charge >= 0.3 is 0 Å². The first-order valence-corrected chi connectivity index (χ1v) is 7.62. The third kappa shape index (κ3) is 3.27. The number of allylic oxidation sites excluding steroid dienone is 3. The lowest BCUT2D eigenvalue weighted by Crippen LogP contribution is -2.36. The molecule has 1 aliphatic carbocycles. The van der Waals surface area contributed by atoms with Crippen molar-refractivity contribution < 1.29 is 4.74 Å². The van der Waals surface area contributed by atoms with Crippen molar-refractivity contribution >= 4 is 11.6 Å². The van der Waals surface area contributed by atoms with Crippen LogP contribution in [0.15, 0.2) is 54.3 Å². The van der Waals surface area contributed by atoms with Gasteiger partial charge in [0.2, 0.25) is 0 Å². The van der Waals surface area contributed by atoms with Crippen LogP contribution in [0, 0.1) is 10.8 Å². The van der Waals surface area contributed by atoms with E-state index in [9.17, 15) is 0 Å². The number of alkyl halides is 1. The molecule has 1 aromatic carbocycles. The molecule has 0 aromatic heterocycles. The second kappa shape index (κ2) is 6.05. The van der Waals surface area contributed by atoms with Gasteiger partial charge in [0.1, 0.15) is 12.4 Å². The Hall–Kier alpha value is -1.21. The van der Waals surface area contributed by atoms with Gasteiger partial charge in [-0.15, -0.1) is 11.6 Å². The lowest BCUT2D eigenvalue weighted by molar-refractivity contribution is 0.160. The van der Waals surface area contributed by atoms with Gasteiger partial charge in [-0.3, -0.25) is 0 Å². The highest BCUT2D eigenvalue weighted by Gasteiger charge is 2.39. The molecule has 0 saturated carbocycles. The molecule has 0 aliphatic heterocycles. The van der Waals surface area contributed by atoms with Crippen LogP contribution in [0.5, 0.6) is 0 Å². The van der Waals surface area contributed by atoms with Crippen LogP contribution in [0.4, 0.5) is 0 Å². The quantitative estimate of drug-likeness (QED) is 0.682. The van der Waals surface area contributed by atoms with Crippen molar-refractivity contribution in [2.45, 2.75) is 33.8 Å². The molecule has 0 radical (unpaired) electrons. The first-order valence-electron chi connectivity index (χ1n) is 7.09. The molecule has 0 heterocycles. The van der Waals surface area contributed by atoms with Gasteiger partial charge < -0.3 is 4.74 Å². The van der Waals surface area contributed by atoms with E-state index in [4.69, 9.17) is 16.3 Å². The highest BCUT2D eigenvalue weighted by atomic mass is 35.5. The fourth-order valence-corrected chi connectivity index (χ4v) is 2.96. The molecule has 2 rings (SSSR count). The minimum absolute atomic E-state index is 0.0220. The Balaban J connectivity index is 1.98. The van der Waals surface area contributed by atoms with Gasteiger partial charge in [-0.2, -0.15) is 0 Å². The SMILES string of the molecule is CC(C)(C)C1(CCl)C=CC(OCc2ccccc2)=CC1. The van der Waals surface area contributed by atoms with Gasteiger partial charge in [-0.25, -0.2) is 0 Å². The van der Waals surface area contributed by atoms with Crippen molar-refractivity contribution in [3.8, 4) is 0 Å². The molecule has 0 amide bonds. The number of hydrogen-bond acceptors (Lipinski definition) is 1. The zero-order chi connectivity index (χ0) is 14.6. The number of benzene rings is 1. The van der Waals surface area contributed by atoms with Crippen molar-refractivity contribution in [3.63, 3.8) is 0 Å². The molecule has 20 heavy (non-hydrogen) atoms. The molecule has 1 aromatic rings. The van der Waals surface area contributed by atoms with Crippen molar-refractivity contribution in [2.75, 3.05) is 5.88 Å². The van der Waals surface area contributed by atoms with Gasteiger partial charge in [0.05, 0.1) is 0 Å². The molecule has 1 atom stereocenters. The third-order valence-corrected chi connectivity index (χ3v) is 4.69. The number of halogens is 1. The molecular weight excluding hydrogens is 268 g/mol. The summed E-state index contributed by atoms with van der Waals surface area (Å²) in [6, 6.07) is 10.2. The lowest BCUT2D eigenvalue weighted by atomic mass is 9.64. The Morgan fingerprint density at radius 2 is 1.90 bits per heavy atom. The summed E-state index contributed by atoms with van der Waals surface area (Å²) in [5.74, 6) is 1.58. The highest BCUT2D eigenvalue weighted by molar-refractivity contribution is 6.18. The van der Waals surface area contributed by atoms with E-state index in [0.29, 0.717) is 12.5 Å². The van der Waals surface area contributed by atoms with E-state index < -0.39 is 0 Å². The Morgan fingerprint density at radius 3 is 2.40 bits per heavy atom. The minimum Gasteiger partial charge on any atom is -0.489 e. The summed E-state index contributed by atoms with van der Waals surface area (Å²) in [4.78, 5) is 0. The summed E-state index contributed by atoms with van der Waals surface area (Å²) in [6.07, 6.45) is 7.39. The van der Waals surface area contributed by atoms with Crippen LogP contribution >= 0.6 is 11.6 Å². The van der Waals surface area contributed by atoms with Gasteiger partial charge in [0.25, 0.3) is 0 Å². The number of ether oxygens (including phenoxy) is 1. The normalized spacial score (nSPS) is 22.5. The summed E-state index contributed by atoms with van der Waals surface area (Å²) < 4.78 is 5.85. The van der Waals surface area contributed by atoms with Crippen LogP contribution in [0.25, 0.3) is 0 Å². The minimum atomic E-state index is 0.0220. The maximum Gasteiger partial charge on any atom is 0.115 e. The van der Waals surface area contributed by atoms with Crippen molar-refractivity contribution in [1.29, 1.82) is 0 Å². The average molecular weight is 291 g/mol. The van der Waals surface area contributed by atoms with Crippen molar-refractivity contribution in [3.05, 3.63) is 59.9 Å². The fourth-order valence-electron chi connectivity index (χ4n) is 2.36. The zero-order valence-corrected chi connectivity index (χ0v) is 13.3. The van der Waals surface area contributed by atoms with Gasteiger partial charge in [0.15, 0.2) is 0 Å². The molecule has 1 aliphatic rings. The zero-order valence-electron chi connectivity index (χ0n) is 12.5. The molecule has 1 nitrogen and oxygen atoms in total. The summed E-state index contributed by atoms with van der Waals surface area (Å²) in [5, 5.41) is 0. The second-order valence-corrected chi connectivity index (χ2v) is 6.73. The van der Waals surface area contributed by atoms with Crippen molar-refractivity contribution in [2.24, 2.45) is 10.8 Å². The maximum atomic E-state index is 6.22. The molecule has 108 valence electrons. The van der Waals surface area contributed by atoms with Crippen LogP contribution in [0.3, 0.4) is 0 Å². The predicted octanol–water partition coefficient (Wildman–Crippen LogP) is 5.32. The van der Waals surface area contributed by atoms with Crippen LogP contribution < -0.4 is 0 Å². The van der Waals surface area contributed by atoms with E-state index in [0.717, 1.165) is 12.2 Å². The average Bonchev–Trinajstić information content (AvgIpc) is 2.45. The Morgan fingerprint density at radius 1 is 1.20 bits per heavy atom. The standard InChI is InChI=1S/C18H23ClO/c1-17(2,3)18(14-19)11-9-16(10-12-18)20-13-15-7-5-4-6-8-15/h4-11H,12-14H2,1-3H3. The van der Waals surface area contributed by atoms with Crippen LogP contribution in [0.2, 0.25) is 0 Å². The molecule has 0 spiro atoms. The molecule has 1 unspecified atom stereocenters. The Kier molecular flexibility index (Phi) is 4.59. The van der Waals surface area contributed by atoms with Crippen LogP contribution in [-0.4, -0.2) is 5.88 Å². The Bertz CT molecular complexity index is 496. The summed E-state index contributed by atoms with van der Waals surface area (Å²) in [6.45, 7) is 7.33. The van der Waals surface area contributed by atoms with Crippen molar-refractivity contribution in [1.82, 2.24) is 0 Å². The molecule has 0 fully saturated rings. The van der Waals surface area contributed by atoms with E-state index >= 15 is 0 Å². The lowest BCUT2D eigenvalue weighted by Gasteiger charge is -2.42. The summed E-state index contributed by atoms with van der Waals surface area (Å²) in [5.41, 5.74) is 1.35. The highest BCUT2D eigenvalue weighted by Crippen LogP contribution is 2.46. The molecule has 0 saturated heterocycles. The summed E-state index contributed by atoms with van der Waals surface area (Å²) >= 11 is 6.22. The van der Waals surface area contributed by atoms with E-state index in [2.05, 4.69) is 51.1 Å². The topological polar surface area (TPSA) is 9.23 Å². The molecular formula is C18H23ClO. The van der Waals surface area contributed by atoms with E-state index in [1.54, 1.807) is 0 Å². The van der Waals surface area contributed by atoms with Crippen LogP contribution in [0.1, 0.15) is 32.8 Å². The molecule has 2 heteroatoms. The predicted molar refractivity (Wildman–Crippen MR) is 85.7 cm³/mol. The van der Waals surface area contributed by atoms with E-state index in [-0.39, 0.29) is 10.8 Å². The van der Waals surface area contributed by atoms with E-state index in [1.807, 2.05) is 18.2 Å². The Labute approximate surface area is 127 Å². The number of rotatable bonds is 4. The smallest absolute Gasteiger partial charge is 0.115 e. The largest absolute Gasteiger partial charge is 0.489 e. The molecule has 0 N–H and O–H groups in total. The molecule has 0 bridgehead atoms. The second-order valence-electron chi connectivity index (χ2n) is 6.46. The first-order chi connectivity index (χ1) is 9.47. The monoisotopic (exact) mass is 290 g/mol. The van der Waals surface area contributed by atoms with Crippen LogP contribution in [-0.2, 0) is 11.3 Å². The third-order valence-electron chi connectivity index (χ3n) is 4.21.